The number of rotatable bonds is 14. The predicted octanol–water partition coefficient (Wildman–Crippen LogP) is 5.32. The molecule has 0 unspecified atom stereocenters. The van der Waals surface area contributed by atoms with E-state index >= 15 is 0 Å². The Bertz CT molecular complexity index is 411. The summed E-state index contributed by atoms with van der Waals surface area (Å²) in [6.45, 7) is 7.88. The monoisotopic (exact) mass is 368 g/mol. The minimum absolute atomic E-state index is 0.0876. The van der Waals surface area contributed by atoms with Crippen LogP contribution >= 0.6 is 0 Å². The summed E-state index contributed by atoms with van der Waals surface area (Å²) in [6.07, 6.45) is 15.6. The van der Waals surface area contributed by atoms with Crippen LogP contribution in [0.5, 0.6) is 0 Å². The Labute approximate surface area is 160 Å². The number of hydrogen-bond acceptors (Lipinski definition) is 4. The zero-order valence-electron chi connectivity index (χ0n) is 17.3. The van der Waals surface area contributed by atoms with Gasteiger partial charge in [-0.05, 0) is 40.0 Å². The highest BCUT2D eigenvalue weighted by atomic mass is 16.6. The van der Waals surface area contributed by atoms with E-state index in [2.05, 4.69) is 6.92 Å². The zero-order chi connectivity index (χ0) is 19.4. The largest absolute Gasteiger partial charge is 0.460 e. The molecule has 26 heavy (non-hydrogen) atoms. The van der Waals surface area contributed by atoms with Gasteiger partial charge in [-0.3, -0.25) is 4.79 Å². The average molecular weight is 369 g/mol. The lowest BCUT2D eigenvalue weighted by molar-refractivity contribution is -0.154. The second-order valence-electron chi connectivity index (χ2n) is 8.48. The van der Waals surface area contributed by atoms with E-state index in [9.17, 15) is 9.90 Å². The topological polar surface area (TPSA) is 59.1 Å². The first-order valence-corrected chi connectivity index (χ1v) is 10.6. The first-order valence-electron chi connectivity index (χ1n) is 10.6. The van der Waals surface area contributed by atoms with Crippen molar-refractivity contribution in [3.05, 3.63) is 12.2 Å². The van der Waals surface area contributed by atoms with Gasteiger partial charge in [0.1, 0.15) is 11.7 Å². The summed E-state index contributed by atoms with van der Waals surface area (Å²) in [5.74, 6) is -0.0876. The number of hydrogen-bond donors (Lipinski definition) is 1. The molecule has 0 aromatic heterocycles. The van der Waals surface area contributed by atoms with Gasteiger partial charge in [-0.1, -0.05) is 64.0 Å². The smallest absolute Gasteiger partial charge is 0.306 e. The first kappa shape index (κ1) is 23.2. The maximum absolute atomic E-state index is 11.6. The summed E-state index contributed by atoms with van der Waals surface area (Å²) in [7, 11) is 0. The third-order valence-corrected chi connectivity index (χ3v) is 4.54. The molecule has 1 aliphatic rings. The van der Waals surface area contributed by atoms with Gasteiger partial charge < -0.3 is 14.6 Å². The highest BCUT2D eigenvalue weighted by molar-refractivity contribution is 5.69. The molecule has 0 saturated carbocycles. The molecular weight excluding hydrogens is 328 g/mol. The highest BCUT2D eigenvalue weighted by Crippen LogP contribution is 2.29. The number of carbonyl (C=O) groups excluding carboxylic acids is 1. The summed E-state index contributed by atoms with van der Waals surface area (Å²) in [5.41, 5.74) is -0.377. The van der Waals surface area contributed by atoms with Crippen LogP contribution in [0.4, 0.5) is 0 Å². The number of ether oxygens (including phenoxy) is 2. The van der Waals surface area contributed by atoms with E-state index in [0.29, 0.717) is 12.5 Å². The van der Waals surface area contributed by atoms with Crippen molar-refractivity contribution in [3.8, 4) is 0 Å². The van der Waals surface area contributed by atoms with Gasteiger partial charge in [0, 0.05) is 6.42 Å². The standard InChI is InChI=1S/C22H40O4/c1-5-6-10-13-18(23)16-17-20-19(25-20)14-11-8-7-9-12-15-21(24)26-22(2,3)4/h16-20,23H,5-15H2,1-4H3/b17-16+/t18-,19+,20-/m0/s1. The normalized spacial score (nSPS) is 21.1. The maximum atomic E-state index is 11.6. The fraction of sp³-hybridized carbons (Fsp3) is 0.864. The van der Waals surface area contributed by atoms with Crippen LogP contribution in [-0.4, -0.2) is 35.0 Å². The van der Waals surface area contributed by atoms with Crippen molar-refractivity contribution >= 4 is 5.97 Å². The summed E-state index contributed by atoms with van der Waals surface area (Å²) in [6, 6.07) is 0. The molecule has 0 aliphatic carbocycles. The molecule has 3 atom stereocenters. The summed E-state index contributed by atoms with van der Waals surface area (Å²) >= 11 is 0. The van der Waals surface area contributed by atoms with Gasteiger partial charge in [-0.25, -0.2) is 0 Å². The Morgan fingerprint density at radius 3 is 2.50 bits per heavy atom. The van der Waals surface area contributed by atoms with Crippen molar-refractivity contribution in [3.63, 3.8) is 0 Å². The van der Waals surface area contributed by atoms with Crippen LogP contribution in [0.2, 0.25) is 0 Å². The van der Waals surface area contributed by atoms with Crippen molar-refractivity contribution in [2.75, 3.05) is 0 Å². The van der Waals surface area contributed by atoms with Gasteiger partial charge in [-0.15, -0.1) is 0 Å². The van der Waals surface area contributed by atoms with Crippen molar-refractivity contribution in [1.29, 1.82) is 0 Å². The summed E-state index contributed by atoms with van der Waals surface area (Å²) < 4.78 is 10.9. The Hall–Kier alpha value is -0.870. The molecule has 4 heteroatoms. The van der Waals surface area contributed by atoms with Crippen LogP contribution < -0.4 is 0 Å². The molecule has 4 nitrogen and oxygen atoms in total. The summed E-state index contributed by atoms with van der Waals surface area (Å²) in [4.78, 5) is 11.6. The number of aliphatic hydroxyl groups excluding tert-OH is 1. The fourth-order valence-corrected chi connectivity index (χ4v) is 3.03. The molecule has 1 heterocycles. The van der Waals surface area contributed by atoms with Crippen molar-refractivity contribution in [2.45, 2.75) is 122 Å². The van der Waals surface area contributed by atoms with E-state index in [1.165, 1.54) is 25.7 Å². The number of epoxide rings is 1. The Balaban J connectivity index is 1.93. The Kier molecular flexibility index (Phi) is 11.1. The molecule has 1 N–H and O–H groups in total. The van der Waals surface area contributed by atoms with Crippen LogP contribution in [0.15, 0.2) is 12.2 Å². The minimum atomic E-state index is -0.377. The number of esters is 1. The van der Waals surface area contributed by atoms with Crippen molar-refractivity contribution < 1.29 is 19.4 Å². The lowest BCUT2D eigenvalue weighted by Crippen LogP contribution is -2.23. The number of unbranched alkanes of at least 4 members (excludes halogenated alkanes) is 6. The third kappa shape index (κ3) is 12.5. The maximum Gasteiger partial charge on any atom is 0.306 e. The van der Waals surface area contributed by atoms with Gasteiger partial charge in [-0.2, -0.15) is 0 Å². The summed E-state index contributed by atoms with van der Waals surface area (Å²) in [5, 5.41) is 9.86. The van der Waals surface area contributed by atoms with Crippen LogP contribution in [0.3, 0.4) is 0 Å². The highest BCUT2D eigenvalue weighted by Gasteiger charge is 2.35. The molecule has 0 aromatic rings. The first-order chi connectivity index (χ1) is 12.3. The van der Waals surface area contributed by atoms with Gasteiger partial charge >= 0.3 is 5.97 Å². The van der Waals surface area contributed by atoms with Gasteiger partial charge in [0.25, 0.3) is 0 Å². The van der Waals surface area contributed by atoms with E-state index in [1.807, 2.05) is 32.9 Å². The molecule has 0 spiro atoms. The minimum Gasteiger partial charge on any atom is -0.460 e. The van der Waals surface area contributed by atoms with Gasteiger partial charge in [0.2, 0.25) is 0 Å². The molecule has 1 aliphatic heterocycles. The predicted molar refractivity (Wildman–Crippen MR) is 106 cm³/mol. The quantitative estimate of drug-likeness (QED) is 0.195. The lowest BCUT2D eigenvalue weighted by atomic mass is 10.1. The third-order valence-electron chi connectivity index (χ3n) is 4.54. The van der Waals surface area contributed by atoms with Gasteiger partial charge in [0.05, 0.1) is 12.2 Å². The van der Waals surface area contributed by atoms with Crippen LogP contribution in [0, 0.1) is 0 Å². The van der Waals surface area contributed by atoms with Crippen molar-refractivity contribution in [2.24, 2.45) is 0 Å². The van der Waals surface area contributed by atoms with E-state index in [-0.39, 0.29) is 23.8 Å². The number of aliphatic hydroxyl groups is 1. The van der Waals surface area contributed by atoms with E-state index < -0.39 is 0 Å². The Morgan fingerprint density at radius 2 is 1.81 bits per heavy atom. The second-order valence-corrected chi connectivity index (χ2v) is 8.48. The van der Waals surface area contributed by atoms with Crippen LogP contribution in [0.1, 0.15) is 98.3 Å². The Morgan fingerprint density at radius 1 is 1.12 bits per heavy atom. The fourth-order valence-electron chi connectivity index (χ4n) is 3.03. The lowest BCUT2D eigenvalue weighted by Gasteiger charge is -2.19. The molecule has 1 fully saturated rings. The van der Waals surface area contributed by atoms with Crippen LogP contribution in [-0.2, 0) is 14.3 Å². The van der Waals surface area contributed by atoms with E-state index in [1.54, 1.807) is 0 Å². The molecule has 0 amide bonds. The molecule has 152 valence electrons. The van der Waals surface area contributed by atoms with Gasteiger partial charge in [0.15, 0.2) is 0 Å². The number of carbonyl (C=O) groups is 1. The molecule has 0 aromatic carbocycles. The molecular formula is C22H40O4. The average Bonchev–Trinajstić information content (AvgIpc) is 3.29. The molecule has 0 bridgehead atoms. The van der Waals surface area contributed by atoms with E-state index in [0.717, 1.165) is 38.5 Å². The molecule has 1 saturated heterocycles. The molecule has 0 radical (unpaired) electrons. The SMILES string of the molecule is CCCCC[C@H](O)/C=C/[C@@H]1O[C@@H]1CCCCCCCC(=O)OC(C)(C)C. The molecule has 1 rings (SSSR count). The second kappa shape index (κ2) is 12.5. The van der Waals surface area contributed by atoms with E-state index in [4.69, 9.17) is 9.47 Å². The van der Waals surface area contributed by atoms with Crippen molar-refractivity contribution in [1.82, 2.24) is 0 Å². The van der Waals surface area contributed by atoms with Crippen LogP contribution in [0.25, 0.3) is 0 Å². The zero-order valence-corrected chi connectivity index (χ0v) is 17.3.